The minimum absolute atomic E-state index is 1.27. The number of thioether (sulfide) groups is 1. The number of allylic oxidation sites excluding steroid dienone is 2. The first-order valence-electron chi connectivity index (χ1n) is 5.97. The van der Waals surface area contributed by atoms with Crippen molar-refractivity contribution in [2.24, 2.45) is 0 Å². The summed E-state index contributed by atoms with van der Waals surface area (Å²) in [7, 11) is 0. The zero-order valence-electron chi connectivity index (χ0n) is 9.61. The second kappa shape index (κ2) is 5.95. The Bertz CT molecular complexity index is 368. The molecule has 0 aliphatic heterocycles. The van der Waals surface area contributed by atoms with Crippen molar-refractivity contribution < 1.29 is 0 Å². The molecule has 16 heavy (non-hydrogen) atoms. The summed E-state index contributed by atoms with van der Waals surface area (Å²) >= 11 is 1.86. The molecule has 1 aromatic carbocycles. The Labute approximate surface area is 102 Å². The third-order valence-electron chi connectivity index (χ3n) is 2.96. The van der Waals surface area contributed by atoms with Crippen LogP contribution in [0.3, 0.4) is 0 Å². The molecule has 1 saturated carbocycles. The van der Waals surface area contributed by atoms with E-state index in [0.717, 1.165) is 0 Å². The Morgan fingerprint density at radius 2 is 1.75 bits per heavy atom. The van der Waals surface area contributed by atoms with Crippen LogP contribution in [-0.2, 0) is 0 Å². The SMILES string of the molecule is C=CC(Sc1ccccc1)=C1CCCCC1. The van der Waals surface area contributed by atoms with E-state index in [2.05, 4.69) is 36.9 Å². The van der Waals surface area contributed by atoms with Crippen LogP contribution in [0.2, 0.25) is 0 Å². The van der Waals surface area contributed by atoms with Gasteiger partial charge in [0.25, 0.3) is 0 Å². The van der Waals surface area contributed by atoms with Crippen molar-refractivity contribution in [3.8, 4) is 0 Å². The molecule has 0 unspecified atom stereocenters. The maximum atomic E-state index is 3.95. The molecule has 84 valence electrons. The molecule has 0 bridgehead atoms. The van der Waals surface area contributed by atoms with Crippen molar-refractivity contribution in [1.82, 2.24) is 0 Å². The molecule has 0 atom stereocenters. The van der Waals surface area contributed by atoms with E-state index >= 15 is 0 Å². The van der Waals surface area contributed by atoms with Gasteiger partial charge in [-0.2, -0.15) is 0 Å². The van der Waals surface area contributed by atoms with Crippen molar-refractivity contribution in [1.29, 1.82) is 0 Å². The van der Waals surface area contributed by atoms with E-state index in [1.807, 2.05) is 17.8 Å². The molecule has 0 saturated heterocycles. The van der Waals surface area contributed by atoms with E-state index < -0.39 is 0 Å². The quantitative estimate of drug-likeness (QED) is 0.644. The van der Waals surface area contributed by atoms with Crippen molar-refractivity contribution >= 4 is 11.8 Å². The van der Waals surface area contributed by atoms with Gasteiger partial charge in [-0.3, -0.25) is 0 Å². The topological polar surface area (TPSA) is 0 Å². The highest BCUT2D eigenvalue weighted by atomic mass is 32.2. The molecular formula is C15H18S. The summed E-state index contributed by atoms with van der Waals surface area (Å²) in [4.78, 5) is 2.70. The van der Waals surface area contributed by atoms with Gasteiger partial charge >= 0.3 is 0 Å². The highest BCUT2D eigenvalue weighted by Crippen LogP contribution is 2.35. The lowest BCUT2D eigenvalue weighted by Gasteiger charge is -2.17. The second-order valence-electron chi connectivity index (χ2n) is 4.15. The van der Waals surface area contributed by atoms with Gasteiger partial charge in [0.05, 0.1) is 0 Å². The van der Waals surface area contributed by atoms with E-state index in [1.54, 1.807) is 5.57 Å². The Morgan fingerprint density at radius 1 is 1.06 bits per heavy atom. The first kappa shape index (κ1) is 11.5. The predicted molar refractivity (Wildman–Crippen MR) is 72.6 cm³/mol. The fraction of sp³-hybridized carbons (Fsp3) is 0.333. The molecule has 0 spiro atoms. The van der Waals surface area contributed by atoms with Crippen LogP contribution in [0.15, 0.2) is 58.4 Å². The first-order chi connectivity index (χ1) is 7.90. The summed E-state index contributed by atoms with van der Waals surface area (Å²) in [5.41, 5.74) is 1.61. The van der Waals surface area contributed by atoms with Crippen LogP contribution in [0.5, 0.6) is 0 Å². The largest absolute Gasteiger partial charge is 0.0979 e. The lowest BCUT2D eigenvalue weighted by Crippen LogP contribution is -1.95. The third kappa shape index (κ3) is 3.02. The van der Waals surface area contributed by atoms with Crippen molar-refractivity contribution in [2.75, 3.05) is 0 Å². The molecule has 0 N–H and O–H groups in total. The van der Waals surface area contributed by atoms with Crippen LogP contribution in [0.4, 0.5) is 0 Å². The molecule has 1 fully saturated rings. The Hall–Kier alpha value is -0.950. The molecule has 0 nitrogen and oxygen atoms in total. The van der Waals surface area contributed by atoms with Gasteiger partial charge in [-0.15, -0.1) is 0 Å². The predicted octanol–water partition coefficient (Wildman–Crippen LogP) is 5.18. The fourth-order valence-corrected chi connectivity index (χ4v) is 3.08. The smallest absolute Gasteiger partial charge is 0.0122 e. The molecule has 0 aromatic heterocycles. The van der Waals surface area contributed by atoms with Gasteiger partial charge in [0, 0.05) is 9.80 Å². The van der Waals surface area contributed by atoms with Gasteiger partial charge in [-0.25, -0.2) is 0 Å². The van der Waals surface area contributed by atoms with E-state index in [9.17, 15) is 0 Å². The van der Waals surface area contributed by atoms with E-state index in [-0.39, 0.29) is 0 Å². The van der Waals surface area contributed by atoms with Crippen LogP contribution in [0.1, 0.15) is 32.1 Å². The number of hydrogen-bond donors (Lipinski definition) is 0. The zero-order chi connectivity index (χ0) is 11.2. The molecular weight excluding hydrogens is 212 g/mol. The van der Waals surface area contributed by atoms with Gasteiger partial charge < -0.3 is 0 Å². The number of hydrogen-bond acceptors (Lipinski definition) is 1. The van der Waals surface area contributed by atoms with Gasteiger partial charge in [-0.05, 0) is 37.8 Å². The lowest BCUT2D eigenvalue weighted by molar-refractivity contribution is 0.598. The molecule has 1 aliphatic rings. The normalized spacial score (nSPS) is 15.9. The highest BCUT2D eigenvalue weighted by molar-refractivity contribution is 8.03. The third-order valence-corrected chi connectivity index (χ3v) is 4.15. The van der Waals surface area contributed by atoms with E-state index in [4.69, 9.17) is 0 Å². The van der Waals surface area contributed by atoms with Crippen LogP contribution >= 0.6 is 11.8 Å². The molecule has 0 radical (unpaired) electrons. The van der Waals surface area contributed by atoms with E-state index in [1.165, 1.54) is 41.9 Å². The van der Waals surface area contributed by atoms with Gasteiger partial charge in [0.15, 0.2) is 0 Å². The summed E-state index contributed by atoms with van der Waals surface area (Å²) in [5, 5.41) is 0. The lowest BCUT2D eigenvalue weighted by atomic mass is 9.95. The van der Waals surface area contributed by atoms with E-state index in [0.29, 0.717) is 0 Å². The van der Waals surface area contributed by atoms with Crippen LogP contribution < -0.4 is 0 Å². The number of benzene rings is 1. The molecule has 1 aliphatic carbocycles. The summed E-state index contributed by atoms with van der Waals surface area (Å²) in [6.07, 6.45) is 8.65. The summed E-state index contributed by atoms with van der Waals surface area (Å²) in [6.45, 7) is 3.95. The van der Waals surface area contributed by atoms with Gasteiger partial charge in [-0.1, -0.05) is 54.6 Å². The summed E-state index contributed by atoms with van der Waals surface area (Å²) < 4.78 is 0. The number of rotatable bonds is 3. The second-order valence-corrected chi connectivity index (χ2v) is 5.26. The van der Waals surface area contributed by atoms with Crippen LogP contribution in [-0.4, -0.2) is 0 Å². The molecule has 0 amide bonds. The Morgan fingerprint density at radius 3 is 2.38 bits per heavy atom. The van der Waals surface area contributed by atoms with Crippen LogP contribution in [0, 0.1) is 0 Å². The standard InChI is InChI=1S/C15H18S/c1-2-15(13-9-5-3-6-10-13)16-14-11-7-4-8-12-14/h2,4,7-8,11-12H,1,3,5-6,9-10H2. The van der Waals surface area contributed by atoms with Crippen LogP contribution in [0.25, 0.3) is 0 Å². The van der Waals surface area contributed by atoms with Crippen molar-refractivity contribution in [2.45, 2.75) is 37.0 Å². The Balaban J connectivity index is 2.13. The summed E-state index contributed by atoms with van der Waals surface area (Å²) in [5.74, 6) is 0. The summed E-state index contributed by atoms with van der Waals surface area (Å²) in [6, 6.07) is 10.6. The van der Waals surface area contributed by atoms with Gasteiger partial charge in [0.1, 0.15) is 0 Å². The Kier molecular flexibility index (Phi) is 4.29. The highest BCUT2D eigenvalue weighted by Gasteiger charge is 2.10. The van der Waals surface area contributed by atoms with Gasteiger partial charge in [0.2, 0.25) is 0 Å². The molecule has 0 heterocycles. The average molecular weight is 230 g/mol. The average Bonchev–Trinajstić information content (AvgIpc) is 2.38. The zero-order valence-corrected chi connectivity index (χ0v) is 10.4. The maximum Gasteiger partial charge on any atom is 0.0122 e. The fourth-order valence-electron chi connectivity index (χ4n) is 2.10. The first-order valence-corrected chi connectivity index (χ1v) is 6.79. The van der Waals surface area contributed by atoms with Crippen molar-refractivity contribution in [3.05, 3.63) is 53.5 Å². The maximum absolute atomic E-state index is 3.95. The molecule has 1 heteroatoms. The van der Waals surface area contributed by atoms with Crippen molar-refractivity contribution in [3.63, 3.8) is 0 Å². The molecule has 2 rings (SSSR count). The molecule has 1 aromatic rings. The monoisotopic (exact) mass is 230 g/mol. The minimum Gasteiger partial charge on any atom is -0.0979 e. The minimum atomic E-state index is 1.27.